The molecule has 4 nitrogen and oxygen atoms in total. The zero-order valence-corrected chi connectivity index (χ0v) is 6.71. The summed E-state index contributed by atoms with van der Waals surface area (Å²) in [4.78, 5) is 12.4. The maximum absolute atomic E-state index is 10.3. The Balaban J connectivity index is 1.98. The largest absolute Gasteiger partial charge is 0.465 e. The maximum atomic E-state index is 10.3. The van der Waals surface area contributed by atoms with Crippen molar-refractivity contribution in [2.45, 2.75) is 6.92 Å². The summed E-state index contributed by atoms with van der Waals surface area (Å²) in [5.74, 6) is -0.217. The number of rotatable bonds is 3. The highest BCUT2D eigenvalue weighted by Gasteiger charge is 2.10. The molecule has 0 unspecified atom stereocenters. The lowest BCUT2D eigenvalue weighted by atomic mass is 10.5. The zero-order valence-electron chi connectivity index (χ0n) is 6.71. The topological polar surface area (TPSA) is 38.8 Å². The summed E-state index contributed by atoms with van der Waals surface area (Å²) in [5.41, 5.74) is 0. The summed E-state index contributed by atoms with van der Waals surface area (Å²) in [6.07, 6.45) is 0. The Morgan fingerprint density at radius 3 is 3.09 bits per heavy atom. The molecule has 0 aromatic heterocycles. The minimum atomic E-state index is -0.217. The van der Waals surface area contributed by atoms with Gasteiger partial charge in [0.05, 0.1) is 13.3 Å². The van der Waals surface area contributed by atoms with Crippen LogP contribution in [0.3, 0.4) is 0 Å². The number of nitrogens with zero attached hydrogens (tertiary/aromatic N) is 1. The minimum absolute atomic E-state index is 0.217. The number of esters is 1. The first kappa shape index (κ1) is 8.49. The molecule has 64 valence electrons. The highest BCUT2D eigenvalue weighted by Crippen LogP contribution is 1.97. The Morgan fingerprint density at radius 2 is 2.55 bits per heavy atom. The summed E-state index contributed by atoms with van der Waals surface area (Å²) < 4.78 is 9.87. The summed E-state index contributed by atoms with van der Waals surface area (Å²) in [7, 11) is 0. The molecule has 1 heterocycles. The van der Waals surface area contributed by atoms with Crippen molar-refractivity contribution in [2.75, 3.05) is 33.0 Å². The number of carbonyl (C=O) groups excluding carboxylic acids is 1. The third-order valence-corrected chi connectivity index (χ3v) is 1.54. The van der Waals surface area contributed by atoms with Crippen LogP contribution in [0.15, 0.2) is 0 Å². The van der Waals surface area contributed by atoms with E-state index in [1.165, 1.54) is 6.92 Å². The predicted octanol–water partition coefficient (Wildman–Crippen LogP) is -0.161. The second kappa shape index (κ2) is 4.31. The van der Waals surface area contributed by atoms with E-state index >= 15 is 0 Å². The summed E-state index contributed by atoms with van der Waals surface area (Å²) in [5, 5.41) is 0. The second-order valence-corrected chi connectivity index (χ2v) is 2.50. The lowest BCUT2D eigenvalue weighted by Crippen LogP contribution is -2.25. The lowest BCUT2D eigenvalue weighted by Gasteiger charge is -2.11. The molecule has 0 saturated carbocycles. The fourth-order valence-corrected chi connectivity index (χ4v) is 0.947. The van der Waals surface area contributed by atoms with E-state index in [4.69, 9.17) is 9.47 Å². The first-order chi connectivity index (χ1) is 5.29. The van der Waals surface area contributed by atoms with E-state index in [-0.39, 0.29) is 5.97 Å². The first-order valence-corrected chi connectivity index (χ1v) is 3.72. The van der Waals surface area contributed by atoms with Crippen LogP contribution in [0.5, 0.6) is 0 Å². The van der Waals surface area contributed by atoms with Crippen molar-refractivity contribution < 1.29 is 14.3 Å². The molecule has 0 amide bonds. The summed E-state index contributed by atoms with van der Waals surface area (Å²) in [6, 6.07) is 0. The Hall–Kier alpha value is -0.610. The average Bonchev–Trinajstić information content (AvgIpc) is 2.39. The Labute approximate surface area is 66.1 Å². The van der Waals surface area contributed by atoms with Crippen LogP contribution in [0, 0.1) is 0 Å². The van der Waals surface area contributed by atoms with Gasteiger partial charge in [-0.2, -0.15) is 0 Å². The van der Waals surface area contributed by atoms with Crippen LogP contribution in [0.1, 0.15) is 6.92 Å². The monoisotopic (exact) mass is 159 g/mol. The summed E-state index contributed by atoms with van der Waals surface area (Å²) >= 11 is 0. The second-order valence-electron chi connectivity index (χ2n) is 2.50. The van der Waals surface area contributed by atoms with E-state index in [9.17, 15) is 4.79 Å². The molecule has 1 saturated heterocycles. The van der Waals surface area contributed by atoms with Gasteiger partial charge in [-0.1, -0.05) is 0 Å². The fourth-order valence-electron chi connectivity index (χ4n) is 0.947. The van der Waals surface area contributed by atoms with E-state index < -0.39 is 0 Å². The fraction of sp³-hybridized carbons (Fsp3) is 0.857. The van der Waals surface area contributed by atoms with Gasteiger partial charge in [-0.25, -0.2) is 0 Å². The van der Waals surface area contributed by atoms with Crippen molar-refractivity contribution in [3.05, 3.63) is 0 Å². The molecule has 1 fully saturated rings. The van der Waals surface area contributed by atoms with Crippen LogP contribution in [0.25, 0.3) is 0 Å². The first-order valence-electron chi connectivity index (χ1n) is 3.72. The lowest BCUT2D eigenvalue weighted by molar-refractivity contribution is -0.141. The molecular formula is C7H13NO3. The molecule has 1 aliphatic heterocycles. The molecule has 0 bridgehead atoms. The van der Waals surface area contributed by atoms with Gasteiger partial charge in [0.25, 0.3) is 0 Å². The molecule has 0 spiro atoms. The van der Waals surface area contributed by atoms with Crippen molar-refractivity contribution in [2.24, 2.45) is 0 Å². The van der Waals surface area contributed by atoms with Gasteiger partial charge in [0.2, 0.25) is 0 Å². The van der Waals surface area contributed by atoms with E-state index in [2.05, 4.69) is 4.90 Å². The molecule has 1 rings (SSSR count). The molecular weight excluding hydrogens is 146 g/mol. The third kappa shape index (κ3) is 3.34. The molecule has 0 aromatic rings. The van der Waals surface area contributed by atoms with E-state index in [0.717, 1.165) is 19.7 Å². The van der Waals surface area contributed by atoms with Crippen LogP contribution >= 0.6 is 0 Å². The summed E-state index contributed by atoms with van der Waals surface area (Å²) in [6.45, 7) is 5.07. The van der Waals surface area contributed by atoms with Crippen LogP contribution < -0.4 is 0 Å². The molecule has 0 radical (unpaired) electrons. The molecule has 0 atom stereocenters. The van der Waals surface area contributed by atoms with Gasteiger partial charge in [-0.3, -0.25) is 9.69 Å². The Morgan fingerprint density at radius 1 is 1.73 bits per heavy atom. The zero-order chi connectivity index (χ0) is 8.10. The number of hydrogen-bond acceptors (Lipinski definition) is 4. The van der Waals surface area contributed by atoms with Gasteiger partial charge in [0, 0.05) is 20.0 Å². The van der Waals surface area contributed by atoms with Crippen molar-refractivity contribution in [3.63, 3.8) is 0 Å². The van der Waals surface area contributed by atoms with Crippen molar-refractivity contribution in [1.29, 1.82) is 0 Å². The van der Waals surface area contributed by atoms with E-state index in [0.29, 0.717) is 13.3 Å². The minimum Gasteiger partial charge on any atom is -0.465 e. The van der Waals surface area contributed by atoms with Crippen LogP contribution in [-0.2, 0) is 14.3 Å². The predicted molar refractivity (Wildman–Crippen MR) is 39.0 cm³/mol. The number of carbonyl (C=O) groups is 1. The average molecular weight is 159 g/mol. The molecule has 0 aliphatic carbocycles. The van der Waals surface area contributed by atoms with Crippen LogP contribution in [0.4, 0.5) is 0 Å². The Bertz CT molecular complexity index is 132. The smallest absolute Gasteiger partial charge is 0.302 e. The molecule has 1 aliphatic rings. The van der Waals surface area contributed by atoms with Gasteiger partial charge in [-0.15, -0.1) is 0 Å². The van der Waals surface area contributed by atoms with E-state index in [1.807, 2.05) is 0 Å². The quantitative estimate of drug-likeness (QED) is 0.536. The van der Waals surface area contributed by atoms with Gasteiger partial charge < -0.3 is 9.47 Å². The molecule has 11 heavy (non-hydrogen) atoms. The standard InChI is InChI=1S/C7H13NO3/c1-7(9)11-5-3-8-2-4-10-6-8/h2-6H2,1H3. The third-order valence-electron chi connectivity index (χ3n) is 1.54. The SMILES string of the molecule is CC(=O)OCCN1CCOC1. The van der Waals surface area contributed by atoms with Crippen LogP contribution in [0.2, 0.25) is 0 Å². The van der Waals surface area contributed by atoms with Crippen LogP contribution in [-0.4, -0.2) is 43.9 Å². The molecule has 0 N–H and O–H groups in total. The number of hydrogen-bond donors (Lipinski definition) is 0. The highest BCUT2D eigenvalue weighted by atomic mass is 16.5. The normalized spacial score (nSPS) is 18.6. The van der Waals surface area contributed by atoms with Crippen molar-refractivity contribution in [3.8, 4) is 0 Å². The highest BCUT2D eigenvalue weighted by molar-refractivity contribution is 5.65. The van der Waals surface area contributed by atoms with Crippen molar-refractivity contribution >= 4 is 5.97 Å². The van der Waals surface area contributed by atoms with Gasteiger partial charge in [-0.05, 0) is 0 Å². The van der Waals surface area contributed by atoms with Gasteiger partial charge in [0.15, 0.2) is 0 Å². The molecule has 0 aromatic carbocycles. The van der Waals surface area contributed by atoms with Gasteiger partial charge >= 0.3 is 5.97 Å². The molecule has 4 heteroatoms. The number of ether oxygens (including phenoxy) is 2. The Kier molecular flexibility index (Phi) is 3.32. The van der Waals surface area contributed by atoms with E-state index in [1.54, 1.807) is 0 Å². The van der Waals surface area contributed by atoms with Crippen molar-refractivity contribution in [1.82, 2.24) is 4.90 Å². The maximum Gasteiger partial charge on any atom is 0.302 e. The van der Waals surface area contributed by atoms with Gasteiger partial charge in [0.1, 0.15) is 6.61 Å².